The molecule has 9 heteroatoms. The first-order valence-electron chi connectivity index (χ1n) is 10.8. The first-order valence-corrected chi connectivity index (χ1v) is 11.6. The van der Waals surface area contributed by atoms with E-state index in [9.17, 15) is 14.4 Å². The number of carbonyl (C=O) groups excluding carboxylic acids is 3. The Balaban J connectivity index is 1.50. The Labute approximate surface area is 211 Å². The molecule has 0 radical (unpaired) electrons. The van der Waals surface area contributed by atoms with Gasteiger partial charge in [-0.3, -0.25) is 9.59 Å². The maximum atomic E-state index is 12.6. The summed E-state index contributed by atoms with van der Waals surface area (Å²) in [6.07, 6.45) is 1.62. The molecule has 180 valence electrons. The van der Waals surface area contributed by atoms with Crippen LogP contribution in [-0.4, -0.2) is 41.0 Å². The number of nitrogens with zero attached hydrogens (tertiary/aromatic N) is 2. The van der Waals surface area contributed by atoms with E-state index in [1.807, 2.05) is 68.4 Å². The number of carbonyl (C=O) groups is 3. The van der Waals surface area contributed by atoms with Gasteiger partial charge in [-0.2, -0.15) is 0 Å². The summed E-state index contributed by atoms with van der Waals surface area (Å²) in [5.74, 6) is -0.485. The molecule has 1 N–H and O–H groups in total. The Morgan fingerprint density at radius 1 is 1.06 bits per heavy atom. The maximum absolute atomic E-state index is 12.6. The van der Waals surface area contributed by atoms with Gasteiger partial charge in [-0.1, -0.05) is 28.1 Å². The standard InChI is InChI=1S/C26H24BrN3O5/c1-16-12-19(13-23-25(32)29(26(33)28-23)14-24(31)34-3)17(2)30(16)21-8-10-22(11-9-21)35-15-18-4-6-20(27)7-5-18/h4-13H,14-15H2,1-3H3,(H,28,33)/b23-13+. The van der Waals surface area contributed by atoms with E-state index < -0.39 is 24.5 Å². The Morgan fingerprint density at radius 2 is 1.74 bits per heavy atom. The number of hydrogen-bond donors (Lipinski definition) is 1. The summed E-state index contributed by atoms with van der Waals surface area (Å²) < 4.78 is 13.5. The van der Waals surface area contributed by atoms with Crippen LogP contribution >= 0.6 is 15.9 Å². The van der Waals surface area contributed by atoms with Crippen LogP contribution in [0.2, 0.25) is 0 Å². The molecule has 1 fully saturated rings. The zero-order valence-corrected chi connectivity index (χ0v) is 21.1. The third-order valence-electron chi connectivity index (χ3n) is 5.66. The van der Waals surface area contributed by atoms with Gasteiger partial charge in [-0.25, -0.2) is 9.69 Å². The lowest BCUT2D eigenvalue weighted by atomic mass is 10.2. The molecule has 0 bridgehead atoms. The summed E-state index contributed by atoms with van der Waals surface area (Å²) in [5, 5.41) is 2.53. The molecular formula is C26H24BrN3O5. The molecule has 2 heterocycles. The summed E-state index contributed by atoms with van der Waals surface area (Å²) in [4.78, 5) is 37.1. The van der Waals surface area contributed by atoms with E-state index in [-0.39, 0.29) is 5.70 Å². The third kappa shape index (κ3) is 5.30. The molecule has 1 aliphatic heterocycles. The average Bonchev–Trinajstić information content (AvgIpc) is 3.27. The van der Waals surface area contributed by atoms with Crippen molar-refractivity contribution in [3.8, 4) is 11.4 Å². The highest BCUT2D eigenvalue weighted by Gasteiger charge is 2.35. The SMILES string of the molecule is COC(=O)CN1C(=O)N/C(=C/c2cc(C)n(-c3ccc(OCc4ccc(Br)cc4)cc3)c2C)C1=O. The van der Waals surface area contributed by atoms with Crippen molar-refractivity contribution in [3.63, 3.8) is 0 Å². The molecule has 0 unspecified atom stereocenters. The second-order valence-electron chi connectivity index (χ2n) is 8.03. The number of benzene rings is 2. The van der Waals surface area contributed by atoms with Crippen molar-refractivity contribution < 1.29 is 23.9 Å². The van der Waals surface area contributed by atoms with E-state index in [4.69, 9.17) is 4.74 Å². The minimum atomic E-state index is -0.669. The van der Waals surface area contributed by atoms with Crippen molar-refractivity contribution >= 4 is 39.9 Å². The van der Waals surface area contributed by atoms with Crippen LogP contribution in [0.1, 0.15) is 22.5 Å². The lowest BCUT2D eigenvalue weighted by Gasteiger charge is -2.12. The van der Waals surface area contributed by atoms with Crippen LogP contribution in [-0.2, 0) is 20.9 Å². The first kappa shape index (κ1) is 24.3. The average molecular weight is 538 g/mol. The largest absolute Gasteiger partial charge is 0.489 e. The number of hydrogen-bond acceptors (Lipinski definition) is 5. The molecule has 2 aromatic carbocycles. The second kappa shape index (κ2) is 10.2. The molecule has 0 spiro atoms. The monoisotopic (exact) mass is 537 g/mol. The number of amides is 3. The summed E-state index contributed by atoms with van der Waals surface area (Å²) >= 11 is 3.43. The Morgan fingerprint density at radius 3 is 2.40 bits per heavy atom. The van der Waals surface area contributed by atoms with Crippen molar-refractivity contribution in [2.45, 2.75) is 20.5 Å². The molecule has 8 nitrogen and oxygen atoms in total. The fourth-order valence-corrected chi connectivity index (χ4v) is 4.10. The zero-order chi connectivity index (χ0) is 25.1. The van der Waals surface area contributed by atoms with Gasteiger partial charge < -0.3 is 19.4 Å². The number of urea groups is 1. The highest BCUT2D eigenvalue weighted by atomic mass is 79.9. The van der Waals surface area contributed by atoms with Crippen LogP contribution in [0.25, 0.3) is 11.8 Å². The first-order chi connectivity index (χ1) is 16.8. The molecule has 0 saturated carbocycles. The van der Waals surface area contributed by atoms with Crippen molar-refractivity contribution in [2.75, 3.05) is 13.7 Å². The molecule has 4 rings (SSSR count). The highest BCUT2D eigenvalue weighted by Crippen LogP contribution is 2.25. The maximum Gasteiger partial charge on any atom is 0.329 e. The van der Waals surface area contributed by atoms with E-state index in [2.05, 4.69) is 30.6 Å². The van der Waals surface area contributed by atoms with E-state index in [0.717, 1.165) is 43.3 Å². The van der Waals surface area contributed by atoms with Crippen LogP contribution in [0, 0.1) is 13.8 Å². The lowest BCUT2D eigenvalue weighted by Crippen LogP contribution is -2.36. The number of halogens is 1. The van der Waals surface area contributed by atoms with Gasteiger partial charge in [0.2, 0.25) is 0 Å². The summed E-state index contributed by atoms with van der Waals surface area (Å²) in [7, 11) is 1.20. The van der Waals surface area contributed by atoms with Crippen LogP contribution in [0.5, 0.6) is 5.75 Å². The van der Waals surface area contributed by atoms with Crippen molar-refractivity contribution in [1.82, 2.24) is 14.8 Å². The molecule has 1 aliphatic rings. The normalized spacial score (nSPS) is 14.4. The van der Waals surface area contributed by atoms with E-state index >= 15 is 0 Å². The van der Waals surface area contributed by atoms with Gasteiger partial charge in [0.15, 0.2) is 0 Å². The zero-order valence-electron chi connectivity index (χ0n) is 19.5. The smallest absolute Gasteiger partial charge is 0.329 e. The summed E-state index contributed by atoms with van der Waals surface area (Å²) in [6.45, 7) is 3.93. The van der Waals surface area contributed by atoms with Crippen molar-refractivity contribution in [3.05, 3.63) is 87.3 Å². The number of imide groups is 1. The molecule has 0 aliphatic carbocycles. The van der Waals surface area contributed by atoms with Crippen LogP contribution in [0.4, 0.5) is 4.79 Å². The van der Waals surface area contributed by atoms with Crippen molar-refractivity contribution in [1.29, 1.82) is 0 Å². The van der Waals surface area contributed by atoms with Crippen LogP contribution in [0.3, 0.4) is 0 Å². The van der Waals surface area contributed by atoms with Gasteiger partial charge in [0, 0.05) is 21.5 Å². The van der Waals surface area contributed by atoms with Gasteiger partial charge in [0.1, 0.15) is 24.6 Å². The minimum absolute atomic E-state index is 0.107. The summed E-state index contributed by atoms with van der Waals surface area (Å²) in [6, 6.07) is 17.0. The van der Waals surface area contributed by atoms with Gasteiger partial charge in [0.25, 0.3) is 5.91 Å². The summed E-state index contributed by atoms with van der Waals surface area (Å²) in [5.41, 5.74) is 4.76. The Kier molecular flexibility index (Phi) is 7.07. The molecule has 0 atom stereocenters. The molecule has 3 amide bonds. The van der Waals surface area contributed by atoms with Crippen LogP contribution in [0.15, 0.2) is 64.8 Å². The van der Waals surface area contributed by atoms with E-state index in [1.165, 1.54) is 7.11 Å². The number of nitrogens with one attached hydrogen (secondary N) is 1. The van der Waals surface area contributed by atoms with E-state index in [0.29, 0.717) is 6.61 Å². The van der Waals surface area contributed by atoms with Crippen LogP contribution < -0.4 is 10.1 Å². The number of methoxy groups -OCH3 is 1. The fourth-order valence-electron chi connectivity index (χ4n) is 3.83. The molecule has 1 aromatic heterocycles. The fraction of sp³-hybridized carbons (Fsp3) is 0.192. The van der Waals surface area contributed by atoms with E-state index in [1.54, 1.807) is 6.08 Å². The molecule has 1 saturated heterocycles. The predicted octanol–water partition coefficient (Wildman–Crippen LogP) is 4.50. The molecule has 3 aromatic rings. The number of aromatic nitrogens is 1. The Hall–Kier alpha value is -3.85. The van der Waals surface area contributed by atoms with Gasteiger partial charge in [0.05, 0.1) is 7.11 Å². The number of esters is 1. The second-order valence-corrected chi connectivity index (χ2v) is 8.94. The Bertz CT molecular complexity index is 1310. The molecule has 35 heavy (non-hydrogen) atoms. The predicted molar refractivity (Wildman–Crippen MR) is 134 cm³/mol. The third-order valence-corrected chi connectivity index (χ3v) is 6.19. The molecular weight excluding hydrogens is 514 g/mol. The number of rotatable bonds is 7. The minimum Gasteiger partial charge on any atom is -0.489 e. The van der Waals surface area contributed by atoms with Crippen molar-refractivity contribution in [2.24, 2.45) is 0 Å². The number of ether oxygens (including phenoxy) is 2. The topological polar surface area (TPSA) is 89.9 Å². The highest BCUT2D eigenvalue weighted by molar-refractivity contribution is 9.10. The number of aryl methyl sites for hydroxylation is 1. The van der Waals surface area contributed by atoms with Gasteiger partial charge in [-0.05, 0) is 73.5 Å². The van der Waals surface area contributed by atoms with Gasteiger partial charge in [-0.15, -0.1) is 0 Å². The quantitative estimate of drug-likeness (QED) is 0.272. The van der Waals surface area contributed by atoms with Gasteiger partial charge >= 0.3 is 12.0 Å². The lowest BCUT2D eigenvalue weighted by molar-refractivity contribution is -0.143.